The second-order valence-corrected chi connectivity index (χ2v) is 4.86. The van der Waals surface area contributed by atoms with Crippen LogP contribution in [0.3, 0.4) is 0 Å². The molecule has 0 aromatic carbocycles. The molecule has 0 bridgehead atoms. The normalized spacial score (nSPS) is 31.7. The molecule has 1 saturated carbocycles. The Balaban J connectivity index is 1.98. The van der Waals surface area contributed by atoms with Gasteiger partial charge in [-0.15, -0.1) is 0 Å². The molecular formula is C11H22N2O. The first-order valence-electron chi connectivity index (χ1n) is 5.84. The molecule has 0 radical (unpaired) electrons. The zero-order valence-corrected chi connectivity index (χ0v) is 9.17. The number of hydrazine groups is 1. The number of hydrogen-bond acceptors (Lipinski definition) is 3. The summed E-state index contributed by atoms with van der Waals surface area (Å²) in [5.74, 6) is 6.61. The molecule has 1 unspecified atom stereocenters. The van der Waals surface area contributed by atoms with E-state index in [-0.39, 0.29) is 0 Å². The number of nitrogens with two attached hydrogens (primary N) is 1. The summed E-state index contributed by atoms with van der Waals surface area (Å²) in [4.78, 5) is 0. The van der Waals surface area contributed by atoms with Gasteiger partial charge in [0.05, 0.1) is 6.61 Å². The van der Waals surface area contributed by atoms with E-state index in [9.17, 15) is 0 Å². The third-order valence-electron chi connectivity index (χ3n) is 3.96. The van der Waals surface area contributed by atoms with E-state index >= 15 is 0 Å². The summed E-state index contributed by atoms with van der Waals surface area (Å²) in [5, 5.41) is 2.00. The van der Waals surface area contributed by atoms with Crippen LogP contribution in [0.5, 0.6) is 0 Å². The van der Waals surface area contributed by atoms with Crippen molar-refractivity contribution in [2.24, 2.45) is 17.2 Å². The lowest BCUT2D eigenvalue weighted by Gasteiger charge is -2.29. The van der Waals surface area contributed by atoms with Gasteiger partial charge in [0.15, 0.2) is 0 Å². The largest absolute Gasteiger partial charge is 0.381 e. The summed E-state index contributed by atoms with van der Waals surface area (Å²) in [6, 6.07) is 0. The van der Waals surface area contributed by atoms with Crippen LogP contribution in [0, 0.1) is 11.3 Å². The van der Waals surface area contributed by atoms with Gasteiger partial charge in [0, 0.05) is 25.6 Å². The molecule has 1 aliphatic heterocycles. The highest BCUT2D eigenvalue weighted by molar-refractivity contribution is 4.97. The molecule has 0 aromatic rings. The number of ether oxygens (including phenoxy) is 1. The predicted molar refractivity (Wildman–Crippen MR) is 56.6 cm³/mol. The maximum absolute atomic E-state index is 5.93. The molecule has 2 aliphatic rings. The van der Waals surface area contributed by atoms with Crippen LogP contribution in [0.2, 0.25) is 0 Å². The van der Waals surface area contributed by atoms with Crippen LogP contribution in [-0.2, 0) is 4.74 Å². The Morgan fingerprint density at radius 3 is 2.79 bits per heavy atom. The fourth-order valence-corrected chi connectivity index (χ4v) is 3.21. The Morgan fingerprint density at radius 2 is 2.14 bits per heavy atom. The van der Waals surface area contributed by atoms with Crippen molar-refractivity contribution >= 4 is 0 Å². The highest BCUT2D eigenvalue weighted by Gasteiger charge is 2.47. The van der Waals surface area contributed by atoms with Crippen molar-refractivity contribution in [3.63, 3.8) is 0 Å². The Kier molecular flexibility index (Phi) is 3.10. The van der Waals surface area contributed by atoms with E-state index < -0.39 is 0 Å². The quantitative estimate of drug-likeness (QED) is 0.696. The van der Waals surface area contributed by atoms with E-state index in [2.05, 4.69) is 6.92 Å². The monoisotopic (exact) mass is 198 g/mol. The Labute approximate surface area is 86.6 Å². The highest BCUT2D eigenvalue weighted by atomic mass is 16.5. The third kappa shape index (κ3) is 1.81. The minimum Gasteiger partial charge on any atom is -0.381 e. The molecule has 3 nitrogen and oxygen atoms in total. The molecule has 0 amide bonds. The summed E-state index contributed by atoms with van der Waals surface area (Å²) >= 11 is 0. The van der Waals surface area contributed by atoms with Gasteiger partial charge < -0.3 is 4.74 Å². The van der Waals surface area contributed by atoms with Crippen molar-refractivity contribution < 1.29 is 4.74 Å². The van der Waals surface area contributed by atoms with Crippen LogP contribution in [0.15, 0.2) is 0 Å². The summed E-state index contributed by atoms with van der Waals surface area (Å²) in [6.45, 7) is 5.92. The lowest BCUT2D eigenvalue weighted by molar-refractivity contribution is 0.0688. The van der Waals surface area contributed by atoms with Crippen molar-refractivity contribution in [3.05, 3.63) is 0 Å². The lowest BCUT2D eigenvalue weighted by atomic mass is 9.77. The first-order chi connectivity index (χ1) is 6.77. The van der Waals surface area contributed by atoms with Crippen molar-refractivity contribution in [3.8, 4) is 0 Å². The number of hydrogen-bond donors (Lipinski definition) is 1. The third-order valence-corrected chi connectivity index (χ3v) is 3.96. The van der Waals surface area contributed by atoms with E-state index in [1.807, 2.05) is 5.01 Å². The van der Waals surface area contributed by atoms with Gasteiger partial charge >= 0.3 is 0 Å². The Morgan fingerprint density at radius 1 is 1.43 bits per heavy atom. The van der Waals surface area contributed by atoms with Crippen molar-refractivity contribution in [2.45, 2.75) is 32.6 Å². The molecule has 1 atom stereocenters. The molecule has 14 heavy (non-hydrogen) atoms. The van der Waals surface area contributed by atoms with Crippen molar-refractivity contribution in [1.82, 2.24) is 5.01 Å². The van der Waals surface area contributed by atoms with Gasteiger partial charge in [-0.05, 0) is 25.2 Å². The van der Waals surface area contributed by atoms with Crippen molar-refractivity contribution in [2.75, 3.05) is 26.3 Å². The van der Waals surface area contributed by atoms with Gasteiger partial charge in [-0.3, -0.25) is 5.84 Å². The summed E-state index contributed by atoms with van der Waals surface area (Å²) in [6.07, 6.45) is 5.49. The van der Waals surface area contributed by atoms with E-state index in [1.54, 1.807) is 0 Å². The van der Waals surface area contributed by atoms with E-state index in [0.717, 1.165) is 26.3 Å². The van der Waals surface area contributed by atoms with Crippen LogP contribution in [0.1, 0.15) is 32.6 Å². The standard InChI is InChI=1S/C11H22N2O/c1-2-14-8-10-7-13(12)9-11(10)5-3-4-6-11/h10H,2-9,12H2,1H3. The molecular weight excluding hydrogens is 176 g/mol. The van der Waals surface area contributed by atoms with E-state index in [0.29, 0.717) is 11.3 Å². The number of rotatable bonds is 3. The average molecular weight is 198 g/mol. The van der Waals surface area contributed by atoms with E-state index in [1.165, 1.54) is 25.7 Å². The smallest absolute Gasteiger partial charge is 0.0512 e. The van der Waals surface area contributed by atoms with Crippen LogP contribution in [0.25, 0.3) is 0 Å². The second-order valence-electron chi connectivity index (χ2n) is 4.86. The van der Waals surface area contributed by atoms with Gasteiger partial charge in [-0.25, -0.2) is 5.01 Å². The molecule has 2 fully saturated rings. The van der Waals surface area contributed by atoms with Gasteiger partial charge in [-0.2, -0.15) is 0 Å². The molecule has 0 aromatic heterocycles. The van der Waals surface area contributed by atoms with E-state index in [4.69, 9.17) is 10.6 Å². The molecule has 1 saturated heterocycles. The first-order valence-corrected chi connectivity index (χ1v) is 5.84. The zero-order chi connectivity index (χ0) is 10.0. The topological polar surface area (TPSA) is 38.5 Å². The van der Waals surface area contributed by atoms with Gasteiger partial charge in [-0.1, -0.05) is 12.8 Å². The molecule has 2 N–H and O–H groups in total. The first kappa shape index (κ1) is 10.4. The van der Waals surface area contributed by atoms with Crippen LogP contribution in [-0.4, -0.2) is 31.3 Å². The summed E-state index contributed by atoms with van der Waals surface area (Å²) < 4.78 is 5.57. The highest BCUT2D eigenvalue weighted by Crippen LogP contribution is 2.48. The van der Waals surface area contributed by atoms with Crippen LogP contribution in [0.4, 0.5) is 0 Å². The van der Waals surface area contributed by atoms with Crippen molar-refractivity contribution in [1.29, 1.82) is 0 Å². The van der Waals surface area contributed by atoms with Gasteiger partial charge in [0.25, 0.3) is 0 Å². The number of nitrogens with zero attached hydrogens (tertiary/aromatic N) is 1. The molecule has 1 spiro atoms. The van der Waals surface area contributed by atoms with Crippen LogP contribution < -0.4 is 5.84 Å². The van der Waals surface area contributed by atoms with Gasteiger partial charge in [0.2, 0.25) is 0 Å². The molecule has 2 rings (SSSR count). The average Bonchev–Trinajstić information content (AvgIpc) is 2.72. The summed E-state index contributed by atoms with van der Waals surface area (Å²) in [5.41, 5.74) is 0.504. The maximum Gasteiger partial charge on any atom is 0.0512 e. The second kappa shape index (κ2) is 4.17. The van der Waals surface area contributed by atoms with Gasteiger partial charge in [0.1, 0.15) is 0 Å². The Bertz CT molecular complexity index is 190. The maximum atomic E-state index is 5.93. The fourth-order valence-electron chi connectivity index (χ4n) is 3.21. The SMILES string of the molecule is CCOCC1CN(N)CC12CCCC2. The molecule has 82 valence electrons. The fraction of sp³-hybridized carbons (Fsp3) is 1.00. The summed E-state index contributed by atoms with van der Waals surface area (Å²) in [7, 11) is 0. The zero-order valence-electron chi connectivity index (χ0n) is 9.17. The molecule has 1 aliphatic carbocycles. The molecule has 1 heterocycles. The minimum atomic E-state index is 0.504. The lowest BCUT2D eigenvalue weighted by Crippen LogP contribution is -2.31. The Hall–Kier alpha value is -0.120. The molecule has 3 heteroatoms. The predicted octanol–water partition coefficient (Wildman–Crippen LogP) is 1.39. The van der Waals surface area contributed by atoms with Crippen LogP contribution >= 0.6 is 0 Å². The minimum absolute atomic E-state index is 0.504.